The number of rotatable bonds is 9. The fourth-order valence-corrected chi connectivity index (χ4v) is 2.83. The van der Waals surface area contributed by atoms with Crippen molar-refractivity contribution in [2.45, 2.75) is 19.8 Å². The Balaban J connectivity index is 1.51. The number of nitrogens with zero attached hydrogens (tertiary/aromatic N) is 1. The van der Waals surface area contributed by atoms with Crippen LogP contribution in [0.15, 0.2) is 72.9 Å². The van der Waals surface area contributed by atoms with Gasteiger partial charge in [0.05, 0.1) is 6.61 Å². The van der Waals surface area contributed by atoms with Crippen LogP contribution in [-0.2, 0) is 6.42 Å². The number of pyridine rings is 1. The monoisotopic (exact) mass is 375 g/mol. The number of aryl methyl sites for hydroxylation is 1. The molecule has 2 aromatic carbocycles. The SMILES string of the molecule is CCOc1ccc(Nc2ccnc(C(=O)NCCCc3ccccc3)c2)cc1. The van der Waals surface area contributed by atoms with E-state index in [1.54, 1.807) is 12.3 Å². The second-order valence-corrected chi connectivity index (χ2v) is 6.36. The van der Waals surface area contributed by atoms with Crippen LogP contribution in [0.5, 0.6) is 5.75 Å². The molecule has 0 saturated carbocycles. The molecule has 1 heterocycles. The van der Waals surface area contributed by atoms with Crippen LogP contribution < -0.4 is 15.4 Å². The molecule has 5 nitrogen and oxygen atoms in total. The van der Waals surface area contributed by atoms with E-state index in [0.717, 1.165) is 30.0 Å². The average molecular weight is 375 g/mol. The van der Waals surface area contributed by atoms with Gasteiger partial charge < -0.3 is 15.4 Å². The lowest BCUT2D eigenvalue weighted by Crippen LogP contribution is -2.25. The van der Waals surface area contributed by atoms with Crippen LogP contribution in [0, 0.1) is 0 Å². The summed E-state index contributed by atoms with van der Waals surface area (Å²) in [6.45, 7) is 3.21. The topological polar surface area (TPSA) is 63.2 Å². The Hall–Kier alpha value is -3.34. The zero-order valence-corrected chi connectivity index (χ0v) is 16.0. The molecule has 1 amide bonds. The van der Waals surface area contributed by atoms with Crippen molar-refractivity contribution in [2.75, 3.05) is 18.5 Å². The molecule has 2 N–H and O–H groups in total. The maximum Gasteiger partial charge on any atom is 0.269 e. The highest BCUT2D eigenvalue weighted by Crippen LogP contribution is 2.20. The first-order valence-electron chi connectivity index (χ1n) is 9.52. The van der Waals surface area contributed by atoms with Crippen molar-refractivity contribution in [3.05, 3.63) is 84.2 Å². The van der Waals surface area contributed by atoms with E-state index in [-0.39, 0.29) is 5.91 Å². The minimum absolute atomic E-state index is 0.164. The van der Waals surface area contributed by atoms with Gasteiger partial charge in [0, 0.05) is 24.1 Å². The third kappa shape index (κ3) is 5.84. The van der Waals surface area contributed by atoms with E-state index in [4.69, 9.17) is 4.74 Å². The van der Waals surface area contributed by atoms with Gasteiger partial charge in [-0.25, -0.2) is 0 Å². The molecule has 0 aliphatic carbocycles. The van der Waals surface area contributed by atoms with Gasteiger partial charge >= 0.3 is 0 Å². The number of anilines is 2. The number of ether oxygens (including phenoxy) is 1. The molecule has 0 saturated heterocycles. The van der Waals surface area contributed by atoms with E-state index in [1.807, 2.05) is 55.5 Å². The van der Waals surface area contributed by atoms with Crippen molar-refractivity contribution in [3.8, 4) is 5.75 Å². The molecule has 0 spiro atoms. The zero-order chi connectivity index (χ0) is 19.6. The lowest BCUT2D eigenvalue weighted by atomic mass is 10.1. The molecular formula is C23H25N3O2. The smallest absolute Gasteiger partial charge is 0.269 e. The summed E-state index contributed by atoms with van der Waals surface area (Å²) in [5.41, 5.74) is 3.41. The van der Waals surface area contributed by atoms with Crippen LogP contribution in [0.1, 0.15) is 29.4 Å². The standard InChI is InChI=1S/C23H25N3O2/c1-2-28-21-12-10-19(11-13-21)26-20-14-16-24-22(17-20)23(27)25-15-6-9-18-7-4-3-5-8-18/h3-5,7-8,10-14,16-17H,2,6,9,15H2,1H3,(H,24,26)(H,25,27). The fraction of sp³-hybridized carbons (Fsp3) is 0.217. The molecule has 3 aromatic rings. The first-order chi connectivity index (χ1) is 13.7. The van der Waals surface area contributed by atoms with Gasteiger partial charge in [0.2, 0.25) is 0 Å². The maximum absolute atomic E-state index is 12.4. The van der Waals surface area contributed by atoms with Crippen molar-refractivity contribution < 1.29 is 9.53 Å². The second-order valence-electron chi connectivity index (χ2n) is 6.36. The molecule has 0 aliphatic heterocycles. The van der Waals surface area contributed by atoms with Gasteiger partial charge in [0.25, 0.3) is 5.91 Å². The van der Waals surface area contributed by atoms with Crippen molar-refractivity contribution >= 4 is 17.3 Å². The van der Waals surface area contributed by atoms with Gasteiger partial charge in [0.15, 0.2) is 0 Å². The van der Waals surface area contributed by atoms with Crippen molar-refractivity contribution in [2.24, 2.45) is 0 Å². The first-order valence-corrected chi connectivity index (χ1v) is 9.52. The van der Waals surface area contributed by atoms with E-state index in [0.29, 0.717) is 18.8 Å². The molecule has 1 aromatic heterocycles. The van der Waals surface area contributed by atoms with Gasteiger partial charge in [0.1, 0.15) is 11.4 Å². The number of carbonyl (C=O) groups excluding carboxylic acids is 1. The van der Waals surface area contributed by atoms with E-state index < -0.39 is 0 Å². The van der Waals surface area contributed by atoms with Crippen LogP contribution in [-0.4, -0.2) is 24.0 Å². The molecule has 0 aliphatic rings. The van der Waals surface area contributed by atoms with Crippen LogP contribution in [0.3, 0.4) is 0 Å². The Morgan fingerprint density at radius 3 is 2.54 bits per heavy atom. The Morgan fingerprint density at radius 2 is 1.79 bits per heavy atom. The van der Waals surface area contributed by atoms with Crippen LogP contribution in [0.25, 0.3) is 0 Å². The highest BCUT2D eigenvalue weighted by Gasteiger charge is 2.07. The molecule has 144 valence electrons. The highest BCUT2D eigenvalue weighted by atomic mass is 16.5. The van der Waals surface area contributed by atoms with Crippen LogP contribution >= 0.6 is 0 Å². The quantitative estimate of drug-likeness (QED) is 0.537. The Morgan fingerprint density at radius 1 is 1.00 bits per heavy atom. The lowest BCUT2D eigenvalue weighted by molar-refractivity contribution is 0.0948. The predicted octanol–water partition coefficient (Wildman–Crippen LogP) is 4.59. The van der Waals surface area contributed by atoms with Crippen molar-refractivity contribution in [1.82, 2.24) is 10.3 Å². The van der Waals surface area contributed by atoms with E-state index in [9.17, 15) is 4.79 Å². The molecule has 0 atom stereocenters. The van der Waals surface area contributed by atoms with E-state index >= 15 is 0 Å². The largest absolute Gasteiger partial charge is 0.494 e. The molecule has 0 fully saturated rings. The number of carbonyl (C=O) groups is 1. The summed E-state index contributed by atoms with van der Waals surface area (Å²) in [6, 6.07) is 21.5. The summed E-state index contributed by atoms with van der Waals surface area (Å²) in [5.74, 6) is 0.668. The molecule has 0 radical (unpaired) electrons. The molecule has 5 heteroatoms. The molecular weight excluding hydrogens is 350 g/mol. The Kier molecular flexibility index (Phi) is 7.01. The normalized spacial score (nSPS) is 10.3. The van der Waals surface area contributed by atoms with Gasteiger partial charge in [-0.05, 0) is 61.7 Å². The lowest BCUT2D eigenvalue weighted by Gasteiger charge is -2.09. The van der Waals surface area contributed by atoms with Gasteiger partial charge in [-0.15, -0.1) is 0 Å². The summed E-state index contributed by atoms with van der Waals surface area (Å²) in [7, 11) is 0. The molecule has 0 unspecified atom stereocenters. The third-order valence-electron chi connectivity index (χ3n) is 4.22. The second kappa shape index (κ2) is 10.1. The van der Waals surface area contributed by atoms with E-state index in [2.05, 4.69) is 27.8 Å². The van der Waals surface area contributed by atoms with Gasteiger partial charge in [-0.2, -0.15) is 0 Å². The summed E-state index contributed by atoms with van der Waals surface area (Å²) in [4.78, 5) is 16.5. The molecule has 28 heavy (non-hydrogen) atoms. The highest BCUT2D eigenvalue weighted by molar-refractivity contribution is 5.93. The number of hydrogen-bond donors (Lipinski definition) is 2. The van der Waals surface area contributed by atoms with E-state index in [1.165, 1.54) is 5.56 Å². The molecule has 3 rings (SSSR count). The number of aromatic nitrogens is 1. The number of nitrogens with one attached hydrogen (secondary N) is 2. The summed E-state index contributed by atoms with van der Waals surface area (Å²) < 4.78 is 5.45. The van der Waals surface area contributed by atoms with Crippen molar-refractivity contribution in [3.63, 3.8) is 0 Å². The van der Waals surface area contributed by atoms with Crippen molar-refractivity contribution in [1.29, 1.82) is 0 Å². The summed E-state index contributed by atoms with van der Waals surface area (Å²) in [6.07, 6.45) is 3.46. The minimum atomic E-state index is -0.164. The average Bonchev–Trinajstić information content (AvgIpc) is 2.74. The van der Waals surface area contributed by atoms with Gasteiger partial charge in [-0.1, -0.05) is 30.3 Å². The Bertz CT molecular complexity index is 880. The van der Waals surface area contributed by atoms with Crippen LogP contribution in [0.4, 0.5) is 11.4 Å². The molecule has 0 bridgehead atoms. The number of benzene rings is 2. The van der Waals surface area contributed by atoms with Gasteiger partial charge in [-0.3, -0.25) is 9.78 Å². The number of hydrogen-bond acceptors (Lipinski definition) is 4. The third-order valence-corrected chi connectivity index (χ3v) is 4.22. The summed E-state index contributed by atoms with van der Waals surface area (Å²) >= 11 is 0. The zero-order valence-electron chi connectivity index (χ0n) is 16.0. The Labute approximate surface area is 165 Å². The predicted molar refractivity (Wildman–Crippen MR) is 112 cm³/mol. The van der Waals surface area contributed by atoms with Crippen LogP contribution in [0.2, 0.25) is 0 Å². The minimum Gasteiger partial charge on any atom is -0.494 e. The summed E-state index contributed by atoms with van der Waals surface area (Å²) in [5, 5.41) is 6.22. The fourth-order valence-electron chi connectivity index (χ4n) is 2.83. The first kappa shape index (κ1) is 19.4. The maximum atomic E-state index is 12.4. The number of amides is 1.